The molecule has 0 unspecified atom stereocenters. The van der Waals surface area contributed by atoms with Crippen molar-refractivity contribution < 1.29 is 19.1 Å². The van der Waals surface area contributed by atoms with Crippen molar-refractivity contribution in [3.63, 3.8) is 0 Å². The Hall–Kier alpha value is -1.72. The first-order chi connectivity index (χ1) is 8.41. The van der Waals surface area contributed by atoms with Crippen molar-refractivity contribution in [1.82, 2.24) is 0 Å². The highest BCUT2D eigenvalue weighted by molar-refractivity contribution is 5.83. The molecule has 0 aromatic carbocycles. The third kappa shape index (κ3) is 10.8. The summed E-state index contributed by atoms with van der Waals surface area (Å²) in [6, 6.07) is 0. The Balaban J connectivity index is 3.49. The Morgan fingerprint density at radius 3 is 1.39 bits per heavy atom. The van der Waals surface area contributed by atoms with Crippen LogP contribution in [0, 0.1) is 10.8 Å². The standard InChI is InChI=1S/C12H20N2O4/c1-9(13)3-5-11(15)17-7-8-18-12(16)6-4-10(2)14/h13-14H,3-8H2,1-2H3. The van der Waals surface area contributed by atoms with Gasteiger partial charge in [0.1, 0.15) is 13.2 Å². The Morgan fingerprint density at radius 2 is 1.11 bits per heavy atom. The number of carbonyl (C=O) groups excluding carboxylic acids is 2. The van der Waals surface area contributed by atoms with Crippen LogP contribution in [0.1, 0.15) is 39.5 Å². The van der Waals surface area contributed by atoms with Gasteiger partial charge in [-0.1, -0.05) is 0 Å². The highest BCUT2D eigenvalue weighted by Gasteiger charge is 2.06. The summed E-state index contributed by atoms with van der Waals surface area (Å²) in [5, 5.41) is 14.3. The quantitative estimate of drug-likeness (QED) is 0.372. The number of carbonyl (C=O) groups is 2. The zero-order valence-corrected chi connectivity index (χ0v) is 10.9. The third-order valence-electron chi connectivity index (χ3n) is 2.02. The molecule has 0 aromatic rings. The van der Waals surface area contributed by atoms with Crippen LogP contribution in [-0.4, -0.2) is 36.6 Å². The highest BCUT2D eigenvalue weighted by Crippen LogP contribution is 1.96. The van der Waals surface area contributed by atoms with Crippen LogP contribution in [0.5, 0.6) is 0 Å². The van der Waals surface area contributed by atoms with Crippen molar-refractivity contribution in [1.29, 1.82) is 10.8 Å². The fourth-order valence-electron chi connectivity index (χ4n) is 1.03. The molecule has 0 radical (unpaired) electrons. The normalized spacial score (nSPS) is 9.67. The SMILES string of the molecule is CC(=N)CCC(=O)OCCOC(=O)CCC(C)=N. The lowest BCUT2D eigenvalue weighted by Crippen LogP contribution is -2.14. The summed E-state index contributed by atoms with van der Waals surface area (Å²) in [6.45, 7) is 3.32. The van der Waals surface area contributed by atoms with Crippen molar-refractivity contribution in [2.45, 2.75) is 39.5 Å². The monoisotopic (exact) mass is 256 g/mol. The highest BCUT2D eigenvalue weighted by atomic mass is 16.6. The van der Waals surface area contributed by atoms with Crippen LogP contribution >= 0.6 is 0 Å². The predicted molar refractivity (Wildman–Crippen MR) is 67.2 cm³/mol. The van der Waals surface area contributed by atoms with Gasteiger partial charge in [0.2, 0.25) is 0 Å². The van der Waals surface area contributed by atoms with E-state index in [0.29, 0.717) is 24.3 Å². The van der Waals surface area contributed by atoms with Crippen LogP contribution in [0.25, 0.3) is 0 Å². The van der Waals surface area contributed by atoms with Crippen molar-refractivity contribution >= 4 is 23.4 Å². The van der Waals surface area contributed by atoms with Gasteiger partial charge in [0.25, 0.3) is 0 Å². The molecule has 6 nitrogen and oxygen atoms in total. The van der Waals surface area contributed by atoms with Crippen LogP contribution in [-0.2, 0) is 19.1 Å². The van der Waals surface area contributed by atoms with Gasteiger partial charge < -0.3 is 20.3 Å². The molecule has 2 N–H and O–H groups in total. The average Bonchev–Trinajstić information content (AvgIpc) is 2.29. The molecule has 18 heavy (non-hydrogen) atoms. The number of esters is 2. The van der Waals surface area contributed by atoms with Gasteiger partial charge in [-0.05, 0) is 26.7 Å². The fourth-order valence-corrected chi connectivity index (χ4v) is 1.03. The second-order valence-corrected chi connectivity index (χ2v) is 4.00. The van der Waals surface area contributed by atoms with Gasteiger partial charge in [0, 0.05) is 11.4 Å². The number of rotatable bonds is 9. The third-order valence-corrected chi connectivity index (χ3v) is 2.02. The molecule has 0 bridgehead atoms. The van der Waals surface area contributed by atoms with Gasteiger partial charge in [-0.25, -0.2) is 0 Å². The Kier molecular flexibility index (Phi) is 8.43. The molecule has 0 amide bonds. The predicted octanol–water partition coefficient (Wildman–Crippen LogP) is 1.71. The van der Waals surface area contributed by atoms with Crippen molar-refractivity contribution in [3.05, 3.63) is 0 Å². The Labute approximate surface area is 107 Å². The van der Waals surface area contributed by atoms with Gasteiger partial charge in [0.05, 0.1) is 12.8 Å². The van der Waals surface area contributed by atoms with E-state index in [1.807, 2.05) is 0 Å². The van der Waals surface area contributed by atoms with Gasteiger partial charge in [-0.3, -0.25) is 9.59 Å². The number of nitrogens with one attached hydrogen (secondary N) is 2. The van der Waals surface area contributed by atoms with Crippen LogP contribution in [0.4, 0.5) is 0 Å². The molecule has 0 heterocycles. The zero-order chi connectivity index (χ0) is 14.0. The van der Waals surface area contributed by atoms with E-state index in [0.717, 1.165) is 0 Å². The Bertz CT molecular complexity index is 294. The first kappa shape index (κ1) is 16.3. The molecule has 0 fully saturated rings. The van der Waals surface area contributed by atoms with Gasteiger partial charge in [-0.15, -0.1) is 0 Å². The molecule has 0 aliphatic carbocycles. The van der Waals surface area contributed by atoms with Gasteiger partial charge in [0.15, 0.2) is 0 Å². The minimum Gasteiger partial charge on any atom is -0.462 e. The first-order valence-electron chi connectivity index (χ1n) is 5.81. The second kappa shape index (κ2) is 9.32. The maximum absolute atomic E-state index is 11.1. The second-order valence-electron chi connectivity index (χ2n) is 4.00. The number of ether oxygens (including phenoxy) is 2. The van der Waals surface area contributed by atoms with E-state index >= 15 is 0 Å². The van der Waals surface area contributed by atoms with E-state index in [2.05, 4.69) is 0 Å². The smallest absolute Gasteiger partial charge is 0.306 e. The van der Waals surface area contributed by atoms with Crippen molar-refractivity contribution in [2.75, 3.05) is 13.2 Å². The fraction of sp³-hybridized carbons (Fsp3) is 0.667. The molecular weight excluding hydrogens is 236 g/mol. The molecule has 0 atom stereocenters. The van der Waals surface area contributed by atoms with E-state index in [9.17, 15) is 9.59 Å². The van der Waals surface area contributed by atoms with Crippen LogP contribution < -0.4 is 0 Å². The van der Waals surface area contributed by atoms with E-state index in [1.165, 1.54) is 0 Å². The summed E-state index contributed by atoms with van der Waals surface area (Å²) in [5.74, 6) is -0.791. The van der Waals surface area contributed by atoms with Gasteiger partial charge >= 0.3 is 11.9 Å². The maximum Gasteiger partial charge on any atom is 0.306 e. The van der Waals surface area contributed by atoms with Gasteiger partial charge in [-0.2, -0.15) is 0 Å². The summed E-state index contributed by atoms with van der Waals surface area (Å²) in [4.78, 5) is 22.2. The van der Waals surface area contributed by atoms with Crippen molar-refractivity contribution in [3.8, 4) is 0 Å². The van der Waals surface area contributed by atoms with E-state index < -0.39 is 11.9 Å². The molecule has 0 saturated heterocycles. The van der Waals surface area contributed by atoms with Crippen LogP contribution in [0.2, 0.25) is 0 Å². The largest absolute Gasteiger partial charge is 0.462 e. The molecule has 0 aliphatic heterocycles. The summed E-state index contributed by atoms with van der Waals surface area (Å²) in [7, 11) is 0. The topological polar surface area (TPSA) is 100 Å². The summed E-state index contributed by atoms with van der Waals surface area (Å²) in [5.41, 5.74) is 0.862. The average molecular weight is 256 g/mol. The summed E-state index contributed by atoms with van der Waals surface area (Å²) >= 11 is 0. The molecular formula is C12H20N2O4. The minimum atomic E-state index is -0.395. The van der Waals surface area contributed by atoms with E-state index in [-0.39, 0.29) is 26.1 Å². The number of hydrogen-bond donors (Lipinski definition) is 2. The zero-order valence-electron chi connectivity index (χ0n) is 10.9. The molecule has 0 rings (SSSR count). The summed E-state index contributed by atoms with van der Waals surface area (Å²) < 4.78 is 9.63. The lowest BCUT2D eigenvalue weighted by Gasteiger charge is -2.06. The summed E-state index contributed by atoms with van der Waals surface area (Å²) in [6.07, 6.45) is 1.13. The lowest BCUT2D eigenvalue weighted by molar-refractivity contribution is -0.152. The Morgan fingerprint density at radius 1 is 0.778 bits per heavy atom. The molecule has 0 saturated carbocycles. The number of hydrogen-bond acceptors (Lipinski definition) is 6. The van der Waals surface area contributed by atoms with E-state index in [1.54, 1.807) is 13.8 Å². The minimum absolute atomic E-state index is 0.0329. The molecule has 0 aliphatic rings. The first-order valence-corrected chi connectivity index (χ1v) is 5.81. The maximum atomic E-state index is 11.1. The van der Waals surface area contributed by atoms with Crippen LogP contribution in [0.15, 0.2) is 0 Å². The van der Waals surface area contributed by atoms with E-state index in [4.69, 9.17) is 20.3 Å². The molecule has 102 valence electrons. The van der Waals surface area contributed by atoms with Crippen molar-refractivity contribution in [2.24, 2.45) is 0 Å². The molecule has 6 heteroatoms. The molecule has 0 aromatic heterocycles. The lowest BCUT2D eigenvalue weighted by atomic mass is 10.2. The molecule has 0 spiro atoms. The van der Waals surface area contributed by atoms with Crippen LogP contribution in [0.3, 0.4) is 0 Å².